The molecule has 0 bridgehead atoms. The van der Waals surface area contributed by atoms with Crippen molar-refractivity contribution in [2.45, 2.75) is 58.2 Å². The fourth-order valence-corrected chi connectivity index (χ4v) is 6.21. The summed E-state index contributed by atoms with van der Waals surface area (Å²) in [4.78, 5) is 38.5. The summed E-state index contributed by atoms with van der Waals surface area (Å²) in [5, 5.41) is 12.5. The average Bonchev–Trinajstić information content (AvgIpc) is 3.32. The van der Waals surface area contributed by atoms with Crippen LogP contribution in [0.5, 0.6) is 0 Å². The SMILES string of the molecule is Cc1cc(CCCc2ccc(C(=O)NC(CC(=O)O)C(=O)CSCc3ccccc3Cl)s2)cc(C)c1C. The fourth-order valence-electron chi connectivity index (χ4n) is 4.00. The number of thioether (sulfide) groups is 1. The number of hydrogen-bond acceptors (Lipinski definition) is 5. The number of Topliss-reactive ketones (excluding diaryl/α,β-unsaturated/α-hetero) is 1. The molecule has 1 heterocycles. The number of carbonyl (C=O) groups is 3. The summed E-state index contributed by atoms with van der Waals surface area (Å²) < 4.78 is 0. The number of rotatable bonds is 13. The van der Waals surface area contributed by atoms with E-state index in [0.29, 0.717) is 15.7 Å². The largest absolute Gasteiger partial charge is 0.481 e. The Balaban J connectivity index is 1.53. The molecular weight excluding hydrogens is 526 g/mol. The number of thiophene rings is 1. The van der Waals surface area contributed by atoms with Gasteiger partial charge < -0.3 is 10.4 Å². The van der Waals surface area contributed by atoms with E-state index in [1.54, 1.807) is 12.1 Å². The van der Waals surface area contributed by atoms with Crippen LogP contribution in [0.4, 0.5) is 0 Å². The molecule has 1 aromatic heterocycles. The summed E-state index contributed by atoms with van der Waals surface area (Å²) in [5.74, 6) is -1.28. The molecule has 0 saturated carbocycles. The highest BCUT2D eigenvalue weighted by molar-refractivity contribution is 7.99. The minimum Gasteiger partial charge on any atom is -0.481 e. The highest BCUT2D eigenvalue weighted by Gasteiger charge is 2.24. The summed E-state index contributed by atoms with van der Waals surface area (Å²) in [6.45, 7) is 6.41. The second kappa shape index (κ2) is 13.8. The Kier molecular flexibility index (Phi) is 10.8. The molecule has 196 valence electrons. The van der Waals surface area contributed by atoms with E-state index in [2.05, 4.69) is 38.2 Å². The average molecular weight is 558 g/mol. The molecule has 1 unspecified atom stereocenters. The molecule has 0 aliphatic heterocycles. The number of ketones is 1. The van der Waals surface area contributed by atoms with Crippen LogP contribution in [-0.2, 0) is 28.2 Å². The maximum absolute atomic E-state index is 12.8. The van der Waals surface area contributed by atoms with E-state index in [-0.39, 0.29) is 11.5 Å². The van der Waals surface area contributed by atoms with Gasteiger partial charge in [0, 0.05) is 15.7 Å². The minimum absolute atomic E-state index is 0.0805. The van der Waals surface area contributed by atoms with E-state index in [1.807, 2.05) is 24.3 Å². The van der Waals surface area contributed by atoms with Gasteiger partial charge in [0.2, 0.25) is 0 Å². The van der Waals surface area contributed by atoms with Gasteiger partial charge in [0.1, 0.15) is 0 Å². The fraction of sp³-hybridized carbons (Fsp3) is 0.345. The molecule has 0 spiro atoms. The number of hydrogen-bond donors (Lipinski definition) is 2. The maximum atomic E-state index is 12.8. The number of amides is 1. The molecular formula is C29H32ClNO4S2. The predicted octanol–water partition coefficient (Wildman–Crippen LogP) is 6.58. The summed E-state index contributed by atoms with van der Waals surface area (Å²) in [5.41, 5.74) is 6.16. The smallest absolute Gasteiger partial charge is 0.305 e. The Morgan fingerprint density at radius 2 is 1.73 bits per heavy atom. The third-order valence-corrected chi connectivity index (χ3v) is 8.81. The molecule has 3 rings (SSSR count). The third kappa shape index (κ3) is 8.73. The zero-order valence-electron chi connectivity index (χ0n) is 21.3. The van der Waals surface area contributed by atoms with Crippen LogP contribution in [0.1, 0.15) is 55.2 Å². The molecule has 0 aliphatic rings. The highest BCUT2D eigenvalue weighted by atomic mass is 35.5. The van der Waals surface area contributed by atoms with Crippen molar-refractivity contribution in [1.29, 1.82) is 0 Å². The van der Waals surface area contributed by atoms with Gasteiger partial charge in [-0.1, -0.05) is 41.9 Å². The normalized spacial score (nSPS) is 11.8. The standard InChI is InChI=1S/C29H32ClNO4S2/c1-18-13-21(14-19(2)20(18)3)7-6-9-23-11-12-27(37-23)29(35)31-25(15-28(33)34)26(32)17-36-16-22-8-4-5-10-24(22)30/h4-5,8,10-14,25H,6-7,9,15-17H2,1-3H3,(H,31,35)(H,33,34). The van der Waals surface area contributed by atoms with Gasteiger partial charge in [-0.25, -0.2) is 0 Å². The van der Waals surface area contributed by atoms with Crippen molar-refractivity contribution < 1.29 is 19.5 Å². The quantitative estimate of drug-likeness (QED) is 0.248. The molecule has 1 atom stereocenters. The number of carbonyl (C=O) groups excluding carboxylic acids is 2. The number of carboxylic acids is 1. The van der Waals surface area contributed by atoms with Crippen LogP contribution >= 0.6 is 34.7 Å². The van der Waals surface area contributed by atoms with Crippen molar-refractivity contribution in [2.75, 3.05) is 5.75 Å². The minimum atomic E-state index is -1.14. The van der Waals surface area contributed by atoms with Crippen LogP contribution in [0.3, 0.4) is 0 Å². The zero-order chi connectivity index (χ0) is 26.9. The Bertz CT molecular complexity index is 1250. The van der Waals surface area contributed by atoms with E-state index in [4.69, 9.17) is 11.6 Å². The summed E-state index contributed by atoms with van der Waals surface area (Å²) in [6.07, 6.45) is 2.32. The first-order valence-electron chi connectivity index (χ1n) is 12.2. The van der Waals surface area contributed by atoms with Crippen LogP contribution < -0.4 is 5.32 Å². The maximum Gasteiger partial charge on any atom is 0.305 e. The molecule has 0 radical (unpaired) electrons. The van der Waals surface area contributed by atoms with Gasteiger partial charge in [-0.15, -0.1) is 23.1 Å². The van der Waals surface area contributed by atoms with Gasteiger partial charge in [-0.2, -0.15) is 0 Å². The number of carboxylic acid groups (broad SMARTS) is 1. The first-order valence-corrected chi connectivity index (χ1v) is 14.5. The number of benzene rings is 2. The molecule has 0 saturated heterocycles. The number of aryl methyl sites for hydroxylation is 4. The molecule has 2 aromatic carbocycles. The number of nitrogens with one attached hydrogen (secondary N) is 1. The Morgan fingerprint density at radius 1 is 1.03 bits per heavy atom. The van der Waals surface area contributed by atoms with Crippen LogP contribution in [0.25, 0.3) is 0 Å². The van der Waals surface area contributed by atoms with Crippen molar-refractivity contribution >= 4 is 52.4 Å². The van der Waals surface area contributed by atoms with E-state index in [0.717, 1.165) is 29.7 Å². The number of halogens is 1. The lowest BCUT2D eigenvalue weighted by molar-refractivity contribution is -0.139. The van der Waals surface area contributed by atoms with Crippen molar-refractivity contribution in [2.24, 2.45) is 0 Å². The van der Waals surface area contributed by atoms with Crippen LogP contribution in [0, 0.1) is 20.8 Å². The van der Waals surface area contributed by atoms with Crippen molar-refractivity contribution in [3.63, 3.8) is 0 Å². The summed E-state index contributed by atoms with van der Waals surface area (Å²) in [6, 6.07) is 14.4. The van der Waals surface area contributed by atoms with E-state index in [1.165, 1.54) is 45.4 Å². The second-order valence-corrected chi connectivity index (χ2v) is 11.7. The lowest BCUT2D eigenvalue weighted by atomic mass is 9.98. The first kappa shape index (κ1) is 29.0. The van der Waals surface area contributed by atoms with Crippen LogP contribution in [0.2, 0.25) is 5.02 Å². The Hall–Kier alpha value is -2.61. The van der Waals surface area contributed by atoms with Gasteiger partial charge >= 0.3 is 5.97 Å². The summed E-state index contributed by atoms with van der Waals surface area (Å²) in [7, 11) is 0. The van der Waals surface area contributed by atoms with Crippen LogP contribution in [-0.4, -0.2) is 34.6 Å². The monoisotopic (exact) mass is 557 g/mol. The predicted molar refractivity (Wildman–Crippen MR) is 153 cm³/mol. The molecule has 3 aromatic rings. The molecule has 5 nitrogen and oxygen atoms in total. The molecule has 0 aliphatic carbocycles. The Morgan fingerprint density at radius 3 is 2.41 bits per heavy atom. The molecule has 0 fully saturated rings. The van der Waals surface area contributed by atoms with E-state index in [9.17, 15) is 19.5 Å². The summed E-state index contributed by atoms with van der Waals surface area (Å²) >= 11 is 8.89. The second-order valence-electron chi connectivity index (χ2n) is 9.15. The molecule has 1 amide bonds. The van der Waals surface area contributed by atoms with E-state index < -0.39 is 24.3 Å². The molecule has 2 N–H and O–H groups in total. The van der Waals surface area contributed by atoms with Crippen molar-refractivity contribution in [1.82, 2.24) is 5.32 Å². The van der Waals surface area contributed by atoms with Gasteiger partial charge in [0.05, 0.1) is 23.1 Å². The van der Waals surface area contributed by atoms with Gasteiger partial charge in [0.15, 0.2) is 5.78 Å². The van der Waals surface area contributed by atoms with Gasteiger partial charge in [0.25, 0.3) is 5.91 Å². The lowest BCUT2D eigenvalue weighted by Crippen LogP contribution is -2.43. The van der Waals surface area contributed by atoms with Gasteiger partial charge in [-0.05, 0) is 86.1 Å². The zero-order valence-corrected chi connectivity index (χ0v) is 23.7. The van der Waals surface area contributed by atoms with Crippen molar-refractivity contribution in [3.05, 3.63) is 91.1 Å². The van der Waals surface area contributed by atoms with E-state index >= 15 is 0 Å². The van der Waals surface area contributed by atoms with Crippen LogP contribution in [0.15, 0.2) is 48.5 Å². The molecule has 8 heteroatoms. The third-order valence-electron chi connectivity index (χ3n) is 6.29. The highest BCUT2D eigenvalue weighted by Crippen LogP contribution is 2.23. The lowest BCUT2D eigenvalue weighted by Gasteiger charge is -2.15. The van der Waals surface area contributed by atoms with Crippen molar-refractivity contribution in [3.8, 4) is 0 Å². The first-order chi connectivity index (χ1) is 17.6. The molecule has 37 heavy (non-hydrogen) atoms. The Labute approximate surface area is 231 Å². The van der Waals surface area contributed by atoms with Gasteiger partial charge in [-0.3, -0.25) is 14.4 Å². The topological polar surface area (TPSA) is 83.5 Å². The number of aliphatic carboxylic acids is 1.